The van der Waals surface area contributed by atoms with Crippen LogP contribution in [0.5, 0.6) is 0 Å². The lowest BCUT2D eigenvalue weighted by Gasteiger charge is -2.17. The highest BCUT2D eigenvalue weighted by Crippen LogP contribution is 2.13. The van der Waals surface area contributed by atoms with Crippen LogP contribution in [-0.4, -0.2) is 30.1 Å². The molecule has 0 saturated carbocycles. The summed E-state index contributed by atoms with van der Waals surface area (Å²) in [5.41, 5.74) is 1.69. The number of nitrogens with zero attached hydrogens (tertiary/aromatic N) is 2. The molecule has 0 saturated heterocycles. The smallest absolute Gasteiger partial charge is 0.251 e. The zero-order chi connectivity index (χ0) is 16.1. The molecule has 6 nitrogen and oxygen atoms in total. The first kappa shape index (κ1) is 15.8. The minimum absolute atomic E-state index is 0.155. The van der Waals surface area contributed by atoms with Crippen molar-refractivity contribution >= 4 is 17.6 Å². The molecular weight excluding hydrogens is 282 g/mol. The summed E-state index contributed by atoms with van der Waals surface area (Å²) in [5.74, 6) is 0.761. The molecule has 1 heterocycles. The summed E-state index contributed by atoms with van der Waals surface area (Å²) < 4.78 is 4.97. The molecule has 0 spiro atoms. The molecule has 1 aromatic carbocycles. The van der Waals surface area contributed by atoms with E-state index in [1.54, 1.807) is 25.1 Å². The van der Waals surface area contributed by atoms with E-state index in [2.05, 4.69) is 10.5 Å². The fourth-order valence-electron chi connectivity index (χ4n) is 2.00. The van der Waals surface area contributed by atoms with Crippen molar-refractivity contribution in [3.63, 3.8) is 0 Å². The Labute approximate surface area is 129 Å². The number of rotatable bonds is 5. The normalized spacial score (nSPS) is 10.3. The van der Waals surface area contributed by atoms with Gasteiger partial charge < -0.3 is 9.84 Å². The molecular formula is C16H19N3O3. The molecule has 22 heavy (non-hydrogen) atoms. The van der Waals surface area contributed by atoms with Crippen molar-refractivity contribution in [2.75, 3.05) is 18.0 Å². The van der Waals surface area contributed by atoms with Crippen molar-refractivity contribution in [2.45, 2.75) is 20.8 Å². The number of hydrogen-bond donors (Lipinski definition) is 1. The highest BCUT2D eigenvalue weighted by Gasteiger charge is 2.15. The zero-order valence-corrected chi connectivity index (χ0v) is 12.9. The fraction of sp³-hybridized carbons (Fsp3) is 0.312. The molecule has 0 aliphatic rings. The van der Waals surface area contributed by atoms with Crippen molar-refractivity contribution in [2.24, 2.45) is 0 Å². The van der Waals surface area contributed by atoms with Crippen molar-refractivity contribution in [3.05, 3.63) is 47.2 Å². The highest BCUT2D eigenvalue weighted by atomic mass is 16.5. The zero-order valence-electron chi connectivity index (χ0n) is 12.9. The highest BCUT2D eigenvalue weighted by molar-refractivity contribution is 5.94. The Morgan fingerprint density at radius 2 is 1.91 bits per heavy atom. The van der Waals surface area contributed by atoms with Gasteiger partial charge in [0.15, 0.2) is 5.82 Å². The predicted molar refractivity (Wildman–Crippen MR) is 82.8 cm³/mol. The average Bonchev–Trinajstić information content (AvgIpc) is 2.90. The molecule has 0 fully saturated rings. The summed E-state index contributed by atoms with van der Waals surface area (Å²) in [6.45, 7) is 5.84. The van der Waals surface area contributed by atoms with Crippen LogP contribution in [0.2, 0.25) is 0 Å². The third-order valence-electron chi connectivity index (χ3n) is 3.21. The Morgan fingerprint density at radius 3 is 2.45 bits per heavy atom. The van der Waals surface area contributed by atoms with Gasteiger partial charge >= 0.3 is 0 Å². The molecule has 2 amide bonds. The van der Waals surface area contributed by atoms with Crippen LogP contribution >= 0.6 is 0 Å². The molecule has 0 unspecified atom stereocenters. The Morgan fingerprint density at radius 1 is 1.23 bits per heavy atom. The van der Waals surface area contributed by atoms with Crippen molar-refractivity contribution in [3.8, 4) is 0 Å². The second kappa shape index (κ2) is 6.89. The quantitative estimate of drug-likeness (QED) is 0.917. The molecule has 1 aromatic heterocycles. The Hall–Kier alpha value is -2.63. The largest absolute Gasteiger partial charge is 0.360 e. The van der Waals surface area contributed by atoms with Crippen LogP contribution in [0, 0.1) is 13.8 Å². The van der Waals surface area contributed by atoms with Crippen molar-refractivity contribution in [1.29, 1.82) is 0 Å². The van der Waals surface area contributed by atoms with E-state index in [1.165, 1.54) is 11.8 Å². The van der Waals surface area contributed by atoms with E-state index >= 15 is 0 Å². The van der Waals surface area contributed by atoms with E-state index < -0.39 is 0 Å². The standard InChI is InChI=1S/C16H19N3O3/c1-11-4-6-14(7-5-11)16(21)17-8-9-19(13(3)20)15-10-12(2)22-18-15/h4-7,10H,8-9H2,1-3H3,(H,17,21). The Bertz CT molecular complexity index is 662. The van der Waals surface area contributed by atoms with E-state index in [4.69, 9.17) is 4.52 Å². The molecule has 116 valence electrons. The van der Waals surface area contributed by atoms with Crippen LogP contribution in [0.15, 0.2) is 34.9 Å². The van der Waals surface area contributed by atoms with Crippen LogP contribution in [0.1, 0.15) is 28.6 Å². The van der Waals surface area contributed by atoms with Gasteiger partial charge in [-0.25, -0.2) is 0 Å². The number of amides is 2. The molecule has 2 rings (SSSR count). The van der Waals surface area contributed by atoms with Gasteiger partial charge in [-0.3, -0.25) is 14.5 Å². The number of anilines is 1. The lowest BCUT2D eigenvalue weighted by atomic mass is 10.1. The molecule has 0 atom stereocenters. The number of hydrogen-bond acceptors (Lipinski definition) is 4. The molecule has 2 aromatic rings. The van der Waals surface area contributed by atoms with Gasteiger partial charge in [0.25, 0.3) is 5.91 Å². The van der Waals surface area contributed by atoms with Crippen LogP contribution in [0.25, 0.3) is 0 Å². The maximum Gasteiger partial charge on any atom is 0.251 e. The van der Waals surface area contributed by atoms with Crippen LogP contribution in [0.3, 0.4) is 0 Å². The third kappa shape index (κ3) is 3.94. The second-order valence-electron chi connectivity index (χ2n) is 5.09. The number of aromatic nitrogens is 1. The van der Waals surface area contributed by atoms with E-state index in [9.17, 15) is 9.59 Å². The number of carbonyl (C=O) groups is 2. The topological polar surface area (TPSA) is 75.4 Å². The van der Waals surface area contributed by atoms with Gasteiger partial charge in [0.1, 0.15) is 5.76 Å². The Kier molecular flexibility index (Phi) is 4.93. The maximum absolute atomic E-state index is 12.0. The molecule has 0 radical (unpaired) electrons. The van der Waals surface area contributed by atoms with Crippen LogP contribution < -0.4 is 10.2 Å². The summed E-state index contributed by atoms with van der Waals surface area (Å²) in [6.07, 6.45) is 0. The van der Waals surface area contributed by atoms with Gasteiger partial charge in [0.05, 0.1) is 0 Å². The fourth-order valence-corrected chi connectivity index (χ4v) is 2.00. The molecule has 1 N–H and O–H groups in total. The molecule has 6 heteroatoms. The first-order valence-corrected chi connectivity index (χ1v) is 7.03. The summed E-state index contributed by atoms with van der Waals surface area (Å²) in [4.78, 5) is 25.1. The summed E-state index contributed by atoms with van der Waals surface area (Å²) in [6, 6.07) is 9.00. The average molecular weight is 301 g/mol. The minimum Gasteiger partial charge on any atom is -0.360 e. The van der Waals surface area contributed by atoms with Crippen LogP contribution in [0.4, 0.5) is 5.82 Å². The van der Waals surface area contributed by atoms with E-state index in [0.717, 1.165) is 5.56 Å². The van der Waals surface area contributed by atoms with Crippen molar-refractivity contribution in [1.82, 2.24) is 10.5 Å². The van der Waals surface area contributed by atoms with Gasteiger partial charge in [-0.05, 0) is 26.0 Å². The van der Waals surface area contributed by atoms with Crippen LogP contribution in [-0.2, 0) is 4.79 Å². The van der Waals surface area contributed by atoms with E-state index in [-0.39, 0.29) is 11.8 Å². The summed E-state index contributed by atoms with van der Waals surface area (Å²) >= 11 is 0. The maximum atomic E-state index is 12.0. The first-order chi connectivity index (χ1) is 10.5. The third-order valence-corrected chi connectivity index (χ3v) is 3.21. The van der Waals surface area contributed by atoms with Gasteiger partial charge in [0.2, 0.25) is 5.91 Å². The SMILES string of the molecule is CC(=O)N(CCNC(=O)c1ccc(C)cc1)c1cc(C)on1. The first-order valence-electron chi connectivity index (χ1n) is 7.03. The Balaban J connectivity index is 1.92. The number of aryl methyl sites for hydroxylation is 2. The predicted octanol–water partition coefficient (Wildman–Crippen LogP) is 2.07. The molecule has 0 aliphatic carbocycles. The molecule has 0 aliphatic heterocycles. The summed E-state index contributed by atoms with van der Waals surface area (Å²) in [5, 5.41) is 6.61. The lowest BCUT2D eigenvalue weighted by Crippen LogP contribution is -2.37. The van der Waals surface area contributed by atoms with Crippen molar-refractivity contribution < 1.29 is 14.1 Å². The minimum atomic E-state index is -0.167. The van der Waals surface area contributed by atoms with Gasteiger partial charge in [-0.2, -0.15) is 0 Å². The molecule has 0 bridgehead atoms. The number of carbonyl (C=O) groups excluding carboxylic acids is 2. The lowest BCUT2D eigenvalue weighted by molar-refractivity contribution is -0.116. The van der Waals surface area contributed by atoms with Gasteiger partial charge in [-0.15, -0.1) is 0 Å². The number of benzene rings is 1. The van der Waals surface area contributed by atoms with E-state index in [1.807, 2.05) is 19.1 Å². The number of nitrogens with one attached hydrogen (secondary N) is 1. The van der Waals surface area contributed by atoms with Gasteiger partial charge in [-0.1, -0.05) is 22.9 Å². The summed E-state index contributed by atoms with van der Waals surface area (Å²) in [7, 11) is 0. The second-order valence-corrected chi connectivity index (χ2v) is 5.09. The van der Waals surface area contributed by atoms with E-state index in [0.29, 0.717) is 30.2 Å². The van der Waals surface area contributed by atoms with Gasteiger partial charge in [0, 0.05) is 31.6 Å². The monoisotopic (exact) mass is 301 g/mol.